The van der Waals surface area contributed by atoms with Gasteiger partial charge in [-0.05, 0) is 25.4 Å². The zero-order valence-electron chi connectivity index (χ0n) is 8.11. The largest absolute Gasteiger partial charge is 0.375 e. The quantitative estimate of drug-likeness (QED) is 0.516. The molecule has 1 rings (SSSR count). The summed E-state index contributed by atoms with van der Waals surface area (Å²) in [5, 5.41) is 6.79. The molecule has 3 heteroatoms. The number of likely N-dealkylation sites (N-methyl/N-ethyl adjacent to an activating group) is 1. The Hall–Kier alpha value is -1.09. The first kappa shape index (κ1) is 9.99. The van der Waals surface area contributed by atoms with E-state index in [4.69, 9.17) is 5.41 Å². The van der Waals surface area contributed by atoms with E-state index in [2.05, 4.69) is 23.0 Å². The van der Waals surface area contributed by atoms with Gasteiger partial charge in [0.1, 0.15) is 0 Å². The lowest BCUT2D eigenvalue weighted by atomic mass is 10.3. The van der Waals surface area contributed by atoms with Crippen LogP contribution in [0.4, 0.5) is 0 Å². The zero-order valence-corrected chi connectivity index (χ0v) is 8.11. The minimum Gasteiger partial charge on any atom is -0.375 e. The third kappa shape index (κ3) is 3.90. The normalized spacial score (nSPS) is 20.2. The third-order valence-electron chi connectivity index (χ3n) is 2.15. The van der Waals surface area contributed by atoms with Crippen LogP contribution in [0.5, 0.6) is 0 Å². The van der Waals surface area contributed by atoms with Crippen molar-refractivity contribution in [3.63, 3.8) is 0 Å². The van der Waals surface area contributed by atoms with E-state index in [-0.39, 0.29) is 0 Å². The fourth-order valence-corrected chi connectivity index (χ4v) is 1.26. The average Bonchev–Trinajstić information content (AvgIpc) is 2.15. The van der Waals surface area contributed by atoms with Crippen LogP contribution in [-0.2, 0) is 0 Å². The first-order chi connectivity index (χ1) is 6.33. The van der Waals surface area contributed by atoms with E-state index in [0.717, 1.165) is 26.2 Å². The Bertz CT molecular complexity index is 200. The number of rotatable bonds is 3. The number of allylic oxidation sites excluding steroid dienone is 3. The fraction of sp³-hybridized carbons (Fsp3) is 0.500. The molecule has 1 aliphatic rings. The summed E-state index contributed by atoms with van der Waals surface area (Å²) in [5.74, 6) is 0. The number of piperazine rings is 1. The van der Waals surface area contributed by atoms with E-state index < -0.39 is 0 Å². The van der Waals surface area contributed by atoms with Crippen molar-refractivity contribution in [3.05, 3.63) is 24.4 Å². The van der Waals surface area contributed by atoms with E-state index >= 15 is 0 Å². The molecule has 13 heavy (non-hydrogen) atoms. The minimum absolute atomic E-state index is 1.10. The summed E-state index contributed by atoms with van der Waals surface area (Å²) in [7, 11) is 2.15. The molecule has 0 aromatic rings. The van der Waals surface area contributed by atoms with Crippen LogP contribution in [0.2, 0.25) is 0 Å². The van der Waals surface area contributed by atoms with Crippen molar-refractivity contribution in [2.24, 2.45) is 0 Å². The Morgan fingerprint density at radius 2 is 1.69 bits per heavy atom. The van der Waals surface area contributed by atoms with Gasteiger partial charge in [-0.3, -0.25) is 0 Å². The molecule has 0 spiro atoms. The number of hydrogen-bond acceptors (Lipinski definition) is 3. The smallest absolute Gasteiger partial charge is 0.0300 e. The van der Waals surface area contributed by atoms with Crippen molar-refractivity contribution in [2.45, 2.75) is 0 Å². The van der Waals surface area contributed by atoms with Crippen molar-refractivity contribution in [1.82, 2.24) is 9.80 Å². The van der Waals surface area contributed by atoms with Crippen LogP contribution >= 0.6 is 0 Å². The van der Waals surface area contributed by atoms with Gasteiger partial charge in [-0.2, -0.15) is 0 Å². The van der Waals surface area contributed by atoms with Gasteiger partial charge < -0.3 is 15.2 Å². The highest BCUT2D eigenvalue weighted by atomic mass is 15.2. The predicted octanol–water partition coefficient (Wildman–Crippen LogP) is 0.953. The fourth-order valence-electron chi connectivity index (χ4n) is 1.26. The second kappa shape index (κ2) is 5.54. The van der Waals surface area contributed by atoms with Gasteiger partial charge in [0.15, 0.2) is 0 Å². The van der Waals surface area contributed by atoms with Crippen molar-refractivity contribution < 1.29 is 0 Å². The summed E-state index contributed by atoms with van der Waals surface area (Å²) >= 11 is 0. The van der Waals surface area contributed by atoms with Gasteiger partial charge in [0.25, 0.3) is 0 Å². The Kier molecular flexibility index (Phi) is 4.26. The van der Waals surface area contributed by atoms with Gasteiger partial charge in [0.05, 0.1) is 0 Å². The molecule has 3 nitrogen and oxygen atoms in total. The molecule has 1 heterocycles. The summed E-state index contributed by atoms with van der Waals surface area (Å²) in [6.07, 6.45) is 8.95. The van der Waals surface area contributed by atoms with Gasteiger partial charge >= 0.3 is 0 Å². The molecule has 0 aliphatic carbocycles. The van der Waals surface area contributed by atoms with Crippen LogP contribution in [0.3, 0.4) is 0 Å². The van der Waals surface area contributed by atoms with Gasteiger partial charge in [0, 0.05) is 32.4 Å². The molecule has 1 aliphatic heterocycles. The van der Waals surface area contributed by atoms with Gasteiger partial charge in [-0.25, -0.2) is 0 Å². The van der Waals surface area contributed by atoms with Gasteiger partial charge in [0.2, 0.25) is 0 Å². The highest BCUT2D eigenvalue weighted by Gasteiger charge is 2.08. The first-order valence-electron chi connectivity index (χ1n) is 4.59. The van der Waals surface area contributed by atoms with Crippen molar-refractivity contribution >= 4 is 6.21 Å². The number of nitrogens with zero attached hydrogens (tertiary/aromatic N) is 2. The van der Waals surface area contributed by atoms with E-state index in [1.54, 1.807) is 6.08 Å². The lowest BCUT2D eigenvalue weighted by molar-refractivity contribution is 0.198. The number of nitrogens with one attached hydrogen (secondary N) is 1. The molecular weight excluding hydrogens is 162 g/mol. The summed E-state index contributed by atoms with van der Waals surface area (Å²) in [4.78, 5) is 4.63. The van der Waals surface area contributed by atoms with E-state index in [1.807, 2.05) is 12.2 Å². The molecule has 1 fully saturated rings. The Balaban J connectivity index is 2.25. The molecule has 0 aromatic carbocycles. The number of hydrogen-bond donors (Lipinski definition) is 1. The standard InChI is InChI=1S/C10H17N3/c1-12-7-9-13(10-8-12)6-4-2-3-5-11/h2-6,11H,7-10H2,1H3/b3-2-,6-4+,11-5?. The van der Waals surface area contributed by atoms with Crippen LogP contribution in [0.1, 0.15) is 0 Å². The maximum absolute atomic E-state index is 6.79. The highest BCUT2D eigenvalue weighted by Crippen LogP contribution is 1.99. The first-order valence-corrected chi connectivity index (χ1v) is 4.59. The van der Waals surface area contributed by atoms with Crippen LogP contribution in [0, 0.1) is 5.41 Å². The Morgan fingerprint density at radius 1 is 1.00 bits per heavy atom. The molecule has 72 valence electrons. The Labute approximate surface area is 79.8 Å². The maximum atomic E-state index is 6.79. The second-order valence-corrected chi connectivity index (χ2v) is 3.23. The van der Waals surface area contributed by atoms with Crippen LogP contribution in [0.25, 0.3) is 0 Å². The molecule has 1 N–H and O–H groups in total. The van der Waals surface area contributed by atoms with Crippen LogP contribution in [0.15, 0.2) is 24.4 Å². The van der Waals surface area contributed by atoms with E-state index in [1.165, 1.54) is 6.21 Å². The lowest BCUT2D eigenvalue weighted by Crippen LogP contribution is -2.41. The predicted molar refractivity (Wildman–Crippen MR) is 56.1 cm³/mol. The van der Waals surface area contributed by atoms with E-state index in [0.29, 0.717) is 0 Å². The van der Waals surface area contributed by atoms with Gasteiger partial charge in [-0.15, -0.1) is 0 Å². The van der Waals surface area contributed by atoms with Crippen LogP contribution < -0.4 is 0 Å². The molecule has 0 radical (unpaired) electrons. The highest BCUT2D eigenvalue weighted by molar-refractivity contribution is 5.68. The van der Waals surface area contributed by atoms with Gasteiger partial charge in [-0.1, -0.05) is 6.08 Å². The van der Waals surface area contributed by atoms with Crippen LogP contribution in [-0.4, -0.2) is 49.2 Å². The molecule has 0 atom stereocenters. The lowest BCUT2D eigenvalue weighted by Gasteiger charge is -2.31. The zero-order chi connectivity index (χ0) is 9.52. The molecule has 0 saturated carbocycles. The SMILES string of the molecule is CN1CCN(/C=C/C=C\C=N)CC1. The summed E-state index contributed by atoms with van der Waals surface area (Å²) in [6, 6.07) is 0. The molecule has 0 aromatic heterocycles. The minimum atomic E-state index is 1.10. The second-order valence-electron chi connectivity index (χ2n) is 3.23. The average molecular weight is 179 g/mol. The molecular formula is C10H17N3. The molecule has 1 saturated heterocycles. The van der Waals surface area contributed by atoms with Crippen molar-refractivity contribution in [1.29, 1.82) is 5.41 Å². The third-order valence-corrected chi connectivity index (χ3v) is 2.15. The summed E-state index contributed by atoms with van der Waals surface area (Å²) in [5.41, 5.74) is 0. The summed E-state index contributed by atoms with van der Waals surface area (Å²) in [6.45, 7) is 4.48. The van der Waals surface area contributed by atoms with E-state index in [9.17, 15) is 0 Å². The van der Waals surface area contributed by atoms with Crippen molar-refractivity contribution in [2.75, 3.05) is 33.2 Å². The Morgan fingerprint density at radius 3 is 2.31 bits per heavy atom. The molecule has 0 amide bonds. The van der Waals surface area contributed by atoms with Crippen molar-refractivity contribution in [3.8, 4) is 0 Å². The monoisotopic (exact) mass is 179 g/mol. The topological polar surface area (TPSA) is 30.3 Å². The maximum Gasteiger partial charge on any atom is 0.0300 e. The molecule has 0 bridgehead atoms. The summed E-state index contributed by atoms with van der Waals surface area (Å²) < 4.78 is 0. The molecule has 0 unspecified atom stereocenters.